The second-order valence-corrected chi connectivity index (χ2v) is 5.73. The van der Waals surface area contributed by atoms with Crippen molar-refractivity contribution in [2.24, 2.45) is 0 Å². The number of aliphatic hydroxyl groups is 1. The average Bonchev–Trinajstić information content (AvgIpc) is 3.05. The standard InChI is InChI=1S/C16H23NO/c18-16(8-11-17-9-1-2-10-17)15-7-6-13-4-3-5-14(13)12-15/h6-7,12,16,18H,1-5,8-11H2. The van der Waals surface area contributed by atoms with E-state index in [-0.39, 0.29) is 6.10 Å². The molecule has 2 aliphatic rings. The zero-order valence-electron chi connectivity index (χ0n) is 11.1. The Morgan fingerprint density at radius 1 is 1.06 bits per heavy atom. The fraction of sp³-hybridized carbons (Fsp3) is 0.625. The smallest absolute Gasteiger partial charge is 0.0802 e. The Morgan fingerprint density at radius 2 is 1.83 bits per heavy atom. The van der Waals surface area contributed by atoms with Crippen molar-refractivity contribution in [1.82, 2.24) is 4.90 Å². The highest BCUT2D eigenvalue weighted by molar-refractivity contribution is 5.36. The van der Waals surface area contributed by atoms with Gasteiger partial charge in [-0.1, -0.05) is 18.2 Å². The Bertz CT molecular complexity index is 410. The number of nitrogens with zero attached hydrogens (tertiary/aromatic N) is 1. The van der Waals surface area contributed by atoms with E-state index in [1.807, 2.05) is 0 Å². The molecule has 0 bridgehead atoms. The van der Waals surface area contributed by atoms with E-state index in [4.69, 9.17) is 0 Å². The Hall–Kier alpha value is -0.860. The molecular weight excluding hydrogens is 222 g/mol. The topological polar surface area (TPSA) is 23.5 Å². The molecule has 1 aromatic carbocycles. The van der Waals surface area contributed by atoms with Crippen molar-refractivity contribution >= 4 is 0 Å². The van der Waals surface area contributed by atoms with E-state index in [1.165, 1.54) is 56.3 Å². The number of hydrogen-bond donors (Lipinski definition) is 1. The number of likely N-dealkylation sites (tertiary alicyclic amines) is 1. The minimum absolute atomic E-state index is 0.281. The molecule has 0 amide bonds. The van der Waals surface area contributed by atoms with Gasteiger partial charge in [-0.2, -0.15) is 0 Å². The van der Waals surface area contributed by atoms with E-state index in [9.17, 15) is 5.11 Å². The molecule has 1 heterocycles. The Morgan fingerprint density at radius 3 is 2.67 bits per heavy atom. The predicted octanol–water partition coefficient (Wildman–Crippen LogP) is 2.69. The third-order valence-corrected chi connectivity index (χ3v) is 4.42. The summed E-state index contributed by atoms with van der Waals surface area (Å²) in [6.07, 6.45) is 6.95. The number of aliphatic hydroxyl groups excluding tert-OH is 1. The first kappa shape index (κ1) is 12.2. The lowest BCUT2D eigenvalue weighted by molar-refractivity contribution is 0.149. The summed E-state index contributed by atoms with van der Waals surface area (Å²) < 4.78 is 0. The summed E-state index contributed by atoms with van der Waals surface area (Å²) in [5.74, 6) is 0. The van der Waals surface area contributed by atoms with Crippen LogP contribution in [0.3, 0.4) is 0 Å². The average molecular weight is 245 g/mol. The van der Waals surface area contributed by atoms with Gasteiger partial charge in [0.1, 0.15) is 0 Å². The SMILES string of the molecule is OC(CCN1CCCC1)c1ccc2c(c1)CCC2. The largest absolute Gasteiger partial charge is 0.388 e. The molecule has 1 aliphatic heterocycles. The van der Waals surface area contributed by atoms with Gasteiger partial charge in [0.25, 0.3) is 0 Å². The lowest BCUT2D eigenvalue weighted by Crippen LogP contribution is -2.22. The Kier molecular flexibility index (Phi) is 3.67. The maximum Gasteiger partial charge on any atom is 0.0802 e. The molecule has 3 rings (SSSR count). The number of hydrogen-bond acceptors (Lipinski definition) is 2. The van der Waals surface area contributed by atoms with Crippen LogP contribution in [0.15, 0.2) is 18.2 Å². The van der Waals surface area contributed by atoms with Gasteiger partial charge in [0.2, 0.25) is 0 Å². The number of fused-ring (bicyclic) bond motifs is 1. The number of rotatable bonds is 4. The van der Waals surface area contributed by atoms with Crippen molar-refractivity contribution in [2.45, 2.75) is 44.6 Å². The van der Waals surface area contributed by atoms with Gasteiger partial charge in [-0.3, -0.25) is 0 Å². The van der Waals surface area contributed by atoms with E-state index < -0.39 is 0 Å². The zero-order valence-corrected chi connectivity index (χ0v) is 11.1. The van der Waals surface area contributed by atoms with Crippen LogP contribution in [0.1, 0.15) is 48.5 Å². The van der Waals surface area contributed by atoms with E-state index in [1.54, 1.807) is 0 Å². The summed E-state index contributed by atoms with van der Waals surface area (Å²) in [5.41, 5.74) is 4.08. The van der Waals surface area contributed by atoms with Crippen LogP contribution >= 0.6 is 0 Å². The summed E-state index contributed by atoms with van der Waals surface area (Å²) in [5, 5.41) is 10.3. The normalized spacial score (nSPS) is 21.2. The van der Waals surface area contributed by atoms with Crippen molar-refractivity contribution in [3.8, 4) is 0 Å². The molecule has 1 aromatic rings. The second kappa shape index (κ2) is 5.41. The van der Waals surface area contributed by atoms with Gasteiger partial charge in [0, 0.05) is 6.54 Å². The summed E-state index contributed by atoms with van der Waals surface area (Å²) in [4.78, 5) is 2.47. The third-order valence-electron chi connectivity index (χ3n) is 4.42. The van der Waals surface area contributed by atoms with Gasteiger partial charge in [-0.25, -0.2) is 0 Å². The molecule has 1 unspecified atom stereocenters. The van der Waals surface area contributed by atoms with Crippen LogP contribution in [0.25, 0.3) is 0 Å². The molecule has 1 N–H and O–H groups in total. The van der Waals surface area contributed by atoms with Gasteiger partial charge in [0.15, 0.2) is 0 Å². The number of aryl methyl sites for hydroxylation is 2. The van der Waals surface area contributed by atoms with E-state index in [0.717, 1.165) is 18.5 Å². The van der Waals surface area contributed by atoms with Crippen LogP contribution in [0, 0.1) is 0 Å². The van der Waals surface area contributed by atoms with Gasteiger partial charge in [-0.15, -0.1) is 0 Å². The Balaban J connectivity index is 1.59. The predicted molar refractivity (Wildman–Crippen MR) is 73.7 cm³/mol. The fourth-order valence-corrected chi connectivity index (χ4v) is 3.28. The lowest BCUT2D eigenvalue weighted by atomic mass is 10.0. The van der Waals surface area contributed by atoms with Crippen molar-refractivity contribution in [1.29, 1.82) is 0 Å². The quantitative estimate of drug-likeness (QED) is 0.881. The molecule has 18 heavy (non-hydrogen) atoms. The van der Waals surface area contributed by atoms with Crippen LogP contribution in [-0.2, 0) is 12.8 Å². The van der Waals surface area contributed by atoms with Crippen molar-refractivity contribution in [3.63, 3.8) is 0 Å². The van der Waals surface area contributed by atoms with E-state index in [0.29, 0.717) is 0 Å². The second-order valence-electron chi connectivity index (χ2n) is 5.73. The van der Waals surface area contributed by atoms with Gasteiger partial charge >= 0.3 is 0 Å². The van der Waals surface area contributed by atoms with Crippen molar-refractivity contribution in [3.05, 3.63) is 34.9 Å². The van der Waals surface area contributed by atoms with E-state index >= 15 is 0 Å². The molecule has 0 spiro atoms. The highest BCUT2D eigenvalue weighted by Crippen LogP contribution is 2.26. The summed E-state index contributed by atoms with van der Waals surface area (Å²) >= 11 is 0. The van der Waals surface area contributed by atoms with Crippen LogP contribution in [0.2, 0.25) is 0 Å². The molecule has 0 aromatic heterocycles. The molecule has 0 saturated carbocycles. The van der Waals surface area contributed by atoms with Crippen molar-refractivity contribution in [2.75, 3.05) is 19.6 Å². The molecule has 1 aliphatic carbocycles. The molecule has 2 heteroatoms. The zero-order chi connectivity index (χ0) is 12.4. The fourth-order valence-electron chi connectivity index (χ4n) is 3.28. The van der Waals surface area contributed by atoms with Crippen molar-refractivity contribution < 1.29 is 5.11 Å². The maximum atomic E-state index is 10.3. The molecule has 1 saturated heterocycles. The monoisotopic (exact) mass is 245 g/mol. The number of benzene rings is 1. The highest BCUT2D eigenvalue weighted by atomic mass is 16.3. The van der Waals surface area contributed by atoms with Crippen LogP contribution in [0.5, 0.6) is 0 Å². The first-order valence-electron chi connectivity index (χ1n) is 7.35. The Labute approximate surface area is 110 Å². The molecule has 98 valence electrons. The molecule has 1 fully saturated rings. The summed E-state index contributed by atoms with van der Waals surface area (Å²) in [6.45, 7) is 3.48. The molecule has 2 nitrogen and oxygen atoms in total. The minimum atomic E-state index is -0.281. The first-order valence-corrected chi connectivity index (χ1v) is 7.35. The van der Waals surface area contributed by atoms with Crippen LogP contribution in [-0.4, -0.2) is 29.6 Å². The van der Waals surface area contributed by atoms with Gasteiger partial charge in [0.05, 0.1) is 6.10 Å². The van der Waals surface area contributed by atoms with Gasteiger partial charge < -0.3 is 10.0 Å². The van der Waals surface area contributed by atoms with E-state index in [2.05, 4.69) is 23.1 Å². The molecule has 0 radical (unpaired) electrons. The minimum Gasteiger partial charge on any atom is -0.388 e. The van der Waals surface area contributed by atoms with Crippen LogP contribution in [0.4, 0.5) is 0 Å². The summed E-state index contributed by atoms with van der Waals surface area (Å²) in [6, 6.07) is 6.58. The highest BCUT2D eigenvalue weighted by Gasteiger charge is 2.16. The van der Waals surface area contributed by atoms with Crippen LogP contribution < -0.4 is 0 Å². The molecule has 1 atom stereocenters. The first-order chi connectivity index (χ1) is 8.83. The summed E-state index contributed by atoms with van der Waals surface area (Å²) in [7, 11) is 0. The van der Waals surface area contributed by atoms with Gasteiger partial charge in [-0.05, 0) is 68.3 Å². The maximum absolute atomic E-state index is 10.3. The lowest BCUT2D eigenvalue weighted by Gasteiger charge is -2.18. The molecular formula is C16H23NO. The third kappa shape index (κ3) is 2.60.